The summed E-state index contributed by atoms with van der Waals surface area (Å²) in [7, 11) is 1.69. The average molecular weight is 324 g/mol. The topological polar surface area (TPSA) is 27.1 Å². The first-order valence-electron chi connectivity index (χ1n) is 8.14. The average Bonchev–Trinajstić information content (AvgIpc) is 3.03. The van der Waals surface area contributed by atoms with Crippen molar-refractivity contribution in [3.05, 3.63) is 71.9 Å². The van der Waals surface area contributed by atoms with Gasteiger partial charge in [0.2, 0.25) is 0 Å². The number of hydrogen-bond donors (Lipinski definition) is 0. The number of benzene rings is 2. The Kier molecular flexibility index (Phi) is 4.94. The molecule has 0 unspecified atom stereocenters. The van der Waals surface area contributed by atoms with Crippen molar-refractivity contribution in [2.24, 2.45) is 0 Å². The molecule has 3 aromatic rings. The van der Waals surface area contributed by atoms with E-state index in [1.807, 2.05) is 24.5 Å². The predicted octanol–water partition coefficient (Wildman–Crippen LogP) is 4.50. The van der Waals surface area contributed by atoms with E-state index in [0.717, 1.165) is 42.1 Å². The van der Waals surface area contributed by atoms with Crippen molar-refractivity contribution in [1.29, 1.82) is 0 Å². The molecule has 0 aliphatic carbocycles. The van der Waals surface area contributed by atoms with Crippen LogP contribution in [0.25, 0.3) is 11.3 Å². The quantitative estimate of drug-likeness (QED) is 0.667. The van der Waals surface area contributed by atoms with Crippen LogP contribution in [-0.2, 0) is 19.4 Å². The molecule has 0 aliphatic heterocycles. The fourth-order valence-electron chi connectivity index (χ4n) is 2.97. The third-order valence-electron chi connectivity index (χ3n) is 4.21. The lowest BCUT2D eigenvalue weighted by Gasteiger charge is -2.11. The molecule has 0 saturated carbocycles. The van der Waals surface area contributed by atoms with Gasteiger partial charge in [-0.2, -0.15) is 0 Å². The van der Waals surface area contributed by atoms with Gasteiger partial charge >= 0.3 is 0 Å². The number of methoxy groups -OCH3 is 1. The first kappa shape index (κ1) is 16.2. The Labute approximate surface area is 141 Å². The van der Waals surface area contributed by atoms with Gasteiger partial charge in [0.25, 0.3) is 0 Å². The Morgan fingerprint density at radius 3 is 2.54 bits per heavy atom. The number of para-hydroxylation sites is 1. The fraction of sp³-hybridized carbons (Fsp3) is 0.250. The molecular formula is C20H21FN2O. The standard InChI is InChI=1S/C20H21FN2O/c1-3-18-20(16-8-10-17(21)11-9-16)22-14-23(18)13-12-15-6-4-5-7-19(15)24-2/h4-11,14H,3,12-13H2,1-2H3. The fourth-order valence-corrected chi connectivity index (χ4v) is 2.97. The highest BCUT2D eigenvalue weighted by atomic mass is 19.1. The second-order valence-electron chi connectivity index (χ2n) is 5.66. The highest BCUT2D eigenvalue weighted by Gasteiger charge is 2.12. The van der Waals surface area contributed by atoms with Crippen LogP contribution in [0, 0.1) is 5.82 Å². The molecule has 0 spiro atoms. The first-order chi connectivity index (χ1) is 11.7. The first-order valence-corrected chi connectivity index (χ1v) is 8.14. The van der Waals surface area contributed by atoms with E-state index in [4.69, 9.17) is 4.74 Å². The second-order valence-corrected chi connectivity index (χ2v) is 5.66. The molecular weight excluding hydrogens is 303 g/mol. The smallest absolute Gasteiger partial charge is 0.123 e. The van der Waals surface area contributed by atoms with E-state index in [2.05, 4.69) is 22.5 Å². The van der Waals surface area contributed by atoms with Gasteiger partial charge in [-0.15, -0.1) is 0 Å². The Bertz CT molecular complexity index is 809. The molecule has 3 rings (SSSR count). The Morgan fingerprint density at radius 1 is 1.08 bits per heavy atom. The molecule has 0 fully saturated rings. The third-order valence-corrected chi connectivity index (χ3v) is 4.21. The lowest BCUT2D eigenvalue weighted by molar-refractivity contribution is 0.408. The van der Waals surface area contributed by atoms with Gasteiger partial charge < -0.3 is 9.30 Å². The Morgan fingerprint density at radius 2 is 1.83 bits per heavy atom. The zero-order valence-corrected chi connectivity index (χ0v) is 14.0. The summed E-state index contributed by atoms with van der Waals surface area (Å²) in [5.74, 6) is 0.682. The number of hydrogen-bond acceptors (Lipinski definition) is 2. The monoisotopic (exact) mass is 324 g/mol. The summed E-state index contributed by atoms with van der Waals surface area (Å²) < 4.78 is 20.7. The number of imidazole rings is 1. The summed E-state index contributed by atoms with van der Waals surface area (Å²) >= 11 is 0. The van der Waals surface area contributed by atoms with E-state index in [9.17, 15) is 4.39 Å². The van der Waals surface area contributed by atoms with Crippen LogP contribution in [0.5, 0.6) is 5.75 Å². The third kappa shape index (κ3) is 3.32. The molecule has 1 aromatic heterocycles. The molecule has 124 valence electrons. The maximum atomic E-state index is 13.1. The van der Waals surface area contributed by atoms with Crippen molar-refractivity contribution >= 4 is 0 Å². The summed E-state index contributed by atoms with van der Waals surface area (Å²) in [4.78, 5) is 4.55. The lowest BCUT2D eigenvalue weighted by Crippen LogP contribution is -2.05. The van der Waals surface area contributed by atoms with Crippen LogP contribution in [0.4, 0.5) is 4.39 Å². The van der Waals surface area contributed by atoms with Gasteiger partial charge in [-0.25, -0.2) is 9.37 Å². The molecule has 0 bridgehead atoms. The zero-order valence-electron chi connectivity index (χ0n) is 14.0. The summed E-state index contributed by atoms with van der Waals surface area (Å²) in [5.41, 5.74) is 4.22. The van der Waals surface area contributed by atoms with E-state index in [1.54, 1.807) is 19.2 Å². The van der Waals surface area contributed by atoms with Crippen molar-refractivity contribution in [2.75, 3.05) is 7.11 Å². The van der Waals surface area contributed by atoms with Gasteiger partial charge in [0, 0.05) is 17.8 Å². The summed E-state index contributed by atoms with van der Waals surface area (Å²) in [6, 6.07) is 14.6. The lowest BCUT2D eigenvalue weighted by atomic mass is 10.1. The highest BCUT2D eigenvalue weighted by molar-refractivity contribution is 5.61. The zero-order chi connectivity index (χ0) is 16.9. The van der Waals surface area contributed by atoms with Crippen molar-refractivity contribution in [3.8, 4) is 17.0 Å². The van der Waals surface area contributed by atoms with Crippen LogP contribution < -0.4 is 4.74 Å². The van der Waals surface area contributed by atoms with Gasteiger partial charge in [-0.05, 0) is 48.7 Å². The molecule has 0 radical (unpaired) electrons. The molecule has 3 nitrogen and oxygen atoms in total. The van der Waals surface area contributed by atoms with Gasteiger partial charge in [-0.1, -0.05) is 25.1 Å². The molecule has 24 heavy (non-hydrogen) atoms. The molecule has 0 atom stereocenters. The minimum absolute atomic E-state index is 0.229. The maximum absolute atomic E-state index is 13.1. The number of ether oxygens (including phenoxy) is 1. The van der Waals surface area contributed by atoms with E-state index in [1.165, 1.54) is 17.7 Å². The minimum Gasteiger partial charge on any atom is -0.496 e. The van der Waals surface area contributed by atoms with Crippen molar-refractivity contribution in [2.45, 2.75) is 26.3 Å². The largest absolute Gasteiger partial charge is 0.496 e. The van der Waals surface area contributed by atoms with Gasteiger partial charge in [0.05, 0.1) is 19.1 Å². The summed E-state index contributed by atoms with van der Waals surface area (Å²) in [5, 5.41) is 0. The molecule has 0 N–H and O–H groups in total. The van der Waals surface area contributed by atoms with Crippen LogP contribution >= 0.6 is 0 Å². The SMILES string of the molecule is CCc1c(-c2ccc(F)cc2)ncn1CCc1ccccc1OC. The number of halogens is 1. The number of nitrogens with zero attached hydrogens (tertiary/aromatic N) is 2. The van der Waals surface area contributed by atoms with E-state index in [0.29, 0.717) is 0 Å². The predicted molar refractivity (Wildman–Crippen MR) is 93.7 cm³/mol. The van der Waals surface area contributed by atoms with Crippen LogP contribution in [-0.4, -0.2) is 16.7 Å². The normalized spacial score (nSPS) is 10.8. The van der Waals surface area contributed by atoms with Crippen LogP contribution in [0.1, 0.15) is 18.2 Å². The molecule has 0 amide bonds. The van der Waals surface area contributed by atoms with Crippen molar-refractivity contribution in [1.82, 2.24) is 9.55 Å². The molecule has 2 aromatic carbocycles. The van der Waals surface area contributed by atoms with Gasteiger partial charge in [0.15, 0.2) is 0 Å². The van der Waals surface area contributed by atoms with Crippen molar-refractivity contribution < 1.29 is 9.13 Å². The van der Waals surface area contributed by atoms with Crippen LogP contribution in [0.15, 0.2) is 54.9 Å². The highest BCUT2D eigenvalue weighted by Crippen LogP contribution is 2.24. The Hall–Kier alpha value is -2.62. The van der Waals surface area contributed by atoms with Gasteiger partial charge in [-0.3, -0.25) is 0 Å². The molecule has 4 heteroatoms. The van der Waals surface area contributed by atoms with E-state index < -0.39 is 0 Å². The van der Waals surface area contributed by atoms with E-state index >= 15 is 0 Å². The number of aryl methyl sites for hydroxylation is 2. The van der Waals surface area contributed by atoms with Gasteiger partial charge in [0.1, 0.15) is 11.6 Å². The van der Waals surface area contributed by atoms with Crippen LogP contribution in [0.2, 0.25) is 0 Å². The minimum atomic E-state index is -0.229. The molecule has 0 aliphatic rings. The number of rotatable bonds is 6. The number of aromatic nitrogens is 2. The maximum Gasteiger partial charge on any atom is 0.123 e. The summed E-state index contributed by atoms with van der Waals surface area (Å²) in [6.45, 7) is 2.95. The second kappa shape index (κ2) is 7.30. The van der Waals surface area contributed by atoms with Crippen LogP contribution in [0.3, 0.4) is 0 Å². The Balaban J connectivity index is 1.83. The van der Waals surface area contributed by atoms with Crippen molar-refractivity contribution in [3.63, 3.8) is 0 Å². The molecule has 1 heterocycles. The van der Waals surface area contributed by atoms with E-state index in [-0.39, 0.29) is 5.82 Å². The summed E-state index contributed by atoms with van der Waals surface area (Å²) in [6.07, 6.45) is 3.61. The molecule has 0 saturated heterocycles.